The molecule has 0 radical (unpaired) electrons. The van der Waals surface area contributed by atoms with Gasteiger partial charge < -0.3 is 4.42 Å². The highest BCUT2D eigenvalue weighted by Gasteiger charge is 2.32. The first-order chi connectivity index (χ1) is 10.9. The van der Waals surface area contributed by atoms with Crippen molar-refractivity contribution in [3.63, 3.8) is 0 Å². The molecule has 0 saturated heterocycles. The number of alkyl halides is 3. The molecule has 0 unspecified atom stereocenters. The average Bonchev–Trinajstić information content (AvgIpc) is 2.96. The van der Waals surface area contributed by atoms with Crippen LogP contribution in [0.1, 0.15) is 5.69 Å². The van der Waals surface area contributed by atoms with Gasteiger partial charge in [-0.15, -0.1) is 20.4 Å². The first-order valence-corrected chi connectivity index (χ1v) is 7.29. The van der Waals surface area contributed by atoms with Gasteiger partial charge in [-0.3, -0.25) is 0 Å². The summed E-state index contributed by atoms with van der Waals surface area (Å²) in [5.74, 6) is 0.268. The molecule has 3 aromatic rings. The van der Waals surface area contributed by atoms with Gasteiger partial charge >= 0.3 is 6.18 Å². The fraction of sp³-hybridized carbons (Fsp3) is 0.0769. The molecule has 5 nitrogen and oxygen atoms in total. The topological polar surface area (TPSA) is 64.7 Å². The van der Waals surface area contributed by atoms with Gasteiger partial charge in [0, 0.05) is 10.6 Å². The molecule has 0 amide bonds. The van der Waals surface area contributed by atoms with Crippen molar-refractivity contribution in [2.45, 2.75) is 16.4 Å². The summed E-state index contributed by atoms with van der Waals surface area (Å²) in [6.07, 6.45) is -4.53. The number of nitrogens with zero attached hydrogens (tertiary/aromatic N) is 4. The molecule has 2 heterocycles. The highest BCUT2D eigenvalue weighted by atomic mass is 35.5. The largest absolute Gasteiger partial charge is 0.435 e. The lowest BCUT2D eigenvalue weighted by atomic mass is 10.2. The van der Waals surface area contributed by atoms with E-state index < -0.39 is 11.9 Å². The van der Waals surface area contributed by atoms with E-state index in [1.165, 1.54) is 6.07 Å². The van der Waals surface area contributed by atoms with Gasteiger partial charge in [-0.2, -0.15) is 13.2 Å². The molecule has 0 aliphatic carbocycles. The number of aromatic nitrogens is 4. The normalized spacial score (nSPS) is 11.7. The smallest absolute Gasteiger partial charge is 0.411 e. The first kappa shape index (κ1) is 15.8. The van der Waals surface area contributed by atoms with E-state index in [9.17, 15) is 13.2 Å². The third kappa shape index (κ3) is 3.80. The Hall–Kier alpha value is -2.13. The van der Waals surface area contributed by atoms with Gasteiger partial charge in [-0.1, -0.05) is 11.6 Å². The summed E-state index contributed by atoms with van der Waals surface area (Å²) in [6, 6.07) is 8.80. The maximum absolute atomic E-state index is 12.4. The Morgan fingerprint density at radius 3 is 2.26 bits per heavy atom. The first-order valence-electron chi connectivity index (χ1n) is 6.10. The van der Waals surface area contributed by atoms with E-state index in [1.54, 1.807) is 24.3 Å². The molecule has 3 rings (SSSR count). The van der Waals surface area contributed by atoms with Gasteiger partial charge in [-0.25, -0.2) is 0 Å². The lowest BCUT2D eigenvalue weighted by Crippen LogP contribution is -2.08. The van der Waals surface area contributed by atoms with Crippen molar-refractivity contribution in [2.24, 2.45) is 0 Å². The van der Waals surface area contributed by atoms with Crippen LogP contribution in [-0.2, 0) is 6.18 Å². The van der Waals surface area contributed by atoms with E-state index in [1.807, 2.05) is 0 Å². The van der Waals surface area contributed by atoms with Gasteiger partial charge in [0.1, 0.15) is 5.03 Å². The van der Waals surface area contributed by atoms with Gasteiger partial charge in [0.2, 0.25) is 5.89 Å². The van der Waals surface area contributed by atoms with Crippen LogP contribution in [-0.4, -0.2) is 20.4 Å². The molecule has 2 aromatic heterocycles. The highest BCUT2D eigenvalue weighted by Crippen LogP contribution is 2.30. The van der Waals surface area contributed by atoms with E-state index in [0.717, 1.165) is 17.8 Å². The van der Waals surface area contributed by atoms with Crippen LogP contribution in [0.25, 0.3) is 11.5 Å². The Kier molecular flexibility index (Phi) is 4.22. The second-order valence-electron chi connectivity index (χ2n) is 4.24. The standard InChI is InChI=1S/C13H6ClF3N4OS/c14-8-3-1-7(2-4-8)11-20-21-12(22-11)23-10-6-5-9(18-19-10)13(15,16)17/h1-6H. The van der Waals surface area contributed by atoms with Crippen LogP contribution in [0.4, 0.5) is 13.2 Å². The number of halogens is 4. The van der Waals surface area contributed by atoms with Crippen molar-refractivity contribution in [3.05, 3.63) is 47.1 Å². The fourth-order valence-electron chi connectivity index (χ4n) is 1.58. The number of hydrogen-bond acceptors (Lipinski definition) is 6. The maximum Gasteiger partial charge on any atom is 0.435 e. The summed E-state index contributed by atoms with van der Waals surface area (Å²) >= 11 is 6.71. The van der Waals surface area contributed by atoms with Gasteiger partial charge in [-0.05, 0) is 48.2 Å². The second-order valence-corrected chi connectivity index (χ2v) is 5.64. The molecule has 0 atom stereocenters. The quantitative estimate of drug-likeness (QED) is 0.693. The number of benzene rings is 1. The summed E-state index contributed by atoms with van der Waals surface area (Å²) in [6.45, 7) is 0. The van der Waals surface area contributed by atoms with Crippen molar-refractivity contribution in [2.75, 3.05) is 0 Å². The Labute approximate surface area is 136 Å². The molecular formula is C13H6ClF3N4OS. The summed E-state index contributed by atoms with van der Waals surface area (Å²) in [4.78, 5) is 0. The van der Waals surface area contributed by atoms with E-state index >= 15 is 0 Å². The zero-order chi connectivity index (χ0) is 16.4. The second kappa shape index (κ2) is 6.17. The molecule has 23 heavy (non-hydrogen) atoms. The molecule has 0 spiro atoms. The summed E-state index contributed by atoms with van der Waals surface area (Å²) in [7, 11) is 0. The summed E-state index contributed by atoms with van der Waals surface area (Å²) in [5, 5.41) is 15.2. The average molecular weight is 359 g/mol. The van der Waals surface area contributed by atoms with Gasteiger partial charge in [0.25, 0.3) is 5.22 Å². The third-order valence-electron chi connectivity index (χ3n) is 2.62. The Morgan fingerprint density at radius 1 is 0.913 bits per heavy atom. The Bertz CT molecular complexity index is 805. The SMILES string of the molecule is FC(F)(F)c1ccc(Sc2nnc(-c3ccc(Cl)cc3)o2)nn1. The Morgan fingerprint density at radius 2 is 1.65 bits per heavy atom. The van der Waals surface area contributed by atoms with Gasteiger partial charge in [0.15, 0.2) is 5.69 Å². The van der Waals surface area contributed by atoms with Crippen LogP contribution >= 0.6 is 23.4 Å². The lowest BCUT2D eigenvalue weighted by molar-refractivity contribution is -0.141. The molecule has 0 aliphatic rings. The van der Waals surface area contributed by atoms with Crippen LogP contribution in [0.15, 0.2) is 51.1 Å². The van der Waals surface area contributed by atoms with E-state index in [4.69, 9.17) is 16.0 Å². The predicted octanol–water partition coefficient (Wildman–Crippen LogP) is 4.35. The minimum absolute atomic E-state index is 0.143. The molecule has 10 heteroatoms. The minimum atomic E-state index is -4.53. The van der Waals surface area contributed by atoms with Gasteiger partial charge in [0.05, 0.1) is 0 Å². The monoisotopic (exact) mass is 358 g/mol. The zero-order valence-corrected chi connectivity index (χ0v) is 12.7. The number of rotatable bonds is 3. The third-order valence-corrected chi connectivity index (χ3v) is 3.64. The molecule has 0 aliphatic heterocycles. The van der Waals surface area contributed by atoms with Crippen LogP contribution in [0.5, 0.6) is 0 Å². The molecule has 118 valence electrons. The Balaban J connectivity index is 1.75. The maximum atomic E-state index is 12.4. The summed E-state index contributed by atoms with van der Waals surface area (Å²) < 4.78 is 42.6. The molecular weight excluding hydrogens is 353 g/mol. The van der Waals surface area contributed by atoms with Crippen molar-refractivity contribution in [1.29, 1.82) is 0 Å². The molecule has 0 N–H and O–H groups in total. The molecule has 0 bridgehead atoms. The lowest BCUT2D eigenvalue weighted by Gasteiger charge is -2.03. The van der Waals surface area contributed by atoms with Crippen molar-refractivity contribution >= 4 is 23.4 Å². The minimum Gasteiger partial charge on any atom is -0.411 e. The van der Waals surface area contributed by atoms with Crippen LogP contribution < -0.4 is 0 Å². The molecule has 1 aromatic carbocycles. The zero-order valence-electron chi connectivity index (χ0n) is 11.1. The highest BCUT2D eigenvalue weighted by molar-refractivity contribution is 7.99. The van der Waals surface area contributed by atoms with Crippen LogP contribution in [0.2, 0.25) is 5.02 Å². The summed E-state index contributed by atoms with van der Waals surface area (Å²) in [5.41, 5.74) is -0.388. The van der Waals surface area contributed by atoms with E-state index in [0.29, 0.717) is 10.6 Å². The predicted molar refractivity (Wildman–Crippen MR) is 75.9 cm³/mol. The molecule has 0 saturated carbocycles. The van der Waals surface area contributed by atoms with E-state index in [2.05, 4.69) is 20.4 Å². The van der Waals surface area contributed by atoms with Crippen LogP contribution in [0, 0.1) is 0 Å². The molecule has 0 fully saturated rings. The van der Waals surface area contributed by atoms with E-state index in [-0.39, 0.29) is 16.1 Å². The number of hydrogen-bond donors (Lipinski definition) is 0. The van der Waals surface area contributed by atoms with Crippen molar-refractivity contribution in [1.82, 2.24) is 20.4 Å². The van der Waals surface area contributed by atoms with Crippen molar-refractivity contribution in [3.8, 4) is 11.5 Å². The van der Waals surface area contributed by atoms with Crippen molar-refractivity contribution < 1.29 is 17.6 Å². The van der Waals surface area contributed by atoms with Crippen LogP contribution in [0.3, 0.4) is 0 Å². The fourth-order valence-corrected chi connectivity index (χ4v) is 2.30.